The zero-order valence-electron chi connectivity index (χ0n) is 10.7. The van der Waals surface area contributed by atoms with Crippen molar-refractivity contribution in [3.05, 3.63) is 0 Å². The number of hydrogen-bond acceptors (Lipinski definition) is 5. The van der Waals surface area contributed by atoms with Crippen LogP contribution in [0.3, 0.4) is 0 Å². The molecule has 0 unspecified atom stereocenters. The summed E-state index contributed by atoms with van der Waals surface area (Å²) in [6, 6.07) is -0.427. The highest BCUT2D eigenvalue weighted by molar-refractivity contribution is 7.98. The predicted molar refractivity (Wildman–Crippen MR) is 71.6 cm³/mol. The van der Waals surface area contributed by atoms with E-state index in [9.17, 15) is 9.59 Å². The lowest BCUT2D eigenvalue weighted by Crippen LogP contribution is -2.53. The second kappa shape index (κ2) is 7.60. The molecule has 1 heterocycles. The van der Waals surface area contributed by atoms with E-state index in [1.54, 1.807) is 16.7 Å². The Balaban J connectivity index is 2.33. The van der Waals surface area contributed by atoms with Crippen molar-refractivity contribution in [3.63, 3.8) is 0 Å². The van der Waals surface area contributed by atoms with Gasteiger partial charge in [0.1, 0.15) is 0 Å². The normalized spacial score (nSPS) is 18.7. The van der Waals surface area contributed by atoms with Gasteiger partial charge in [-0.05, 0) is 18.4 Å². The summed E-state index contributed by atoms with van der Waals surface area (Å²) in [7, 11) is 0. The lowest BCUT2D eigenvalue weighted by atomic mass is 10.2. The number of carboxylic acids is 1. The minimum atomic E-state index is -0.827. The Morgan fingerprint density at radius 3 is 2.44 bits per heavy atom. The summed E-state index contributed by atoms with van der Waals surface area (Å²) in [5, 5.41) is 8.68. The Hall–Kier alpha value is -0.790. The average Bonchev–Trinajstić information content (AvgIpc) is 2.35. The number of aliphatic carboxylic acids is 1. The molecule has 0 saturated carbocycles. The van der Waals surface area contributed by atoms with Crippen molar-refractivity contribution in [1.82, 2.24) is 9.80 Å². The molecule has 0 radical (unpaired) electrons. The summed E-state index contributed by atoms with van der Waals surface area (Å²) in [5.74, 6) is 0.0387. The third-order valence-corrected chi connectivity index (χ3v) is 3.64. The summed E-state index contributed by atoms with van der Waals surface area (Å²) >= 11 is 1.68. The number of carbonyl (C=O) groups excluding carboxylic acids is 1. The lowest BCUT2D eigenvalue weighted by Gasteiger charge is -2.35. The summed E-state index contributed by atoms with van der Waals surface area (Å²) in [6.45, 7) is 2.39. The second-order valence-electron chi connectivity index (χ2n) is 4.38. The van der Waals surface area contributed by atoms with Crippen LogP contribution < -0.4 is 5.73 Å². The molecule has 0 spiro atoms. The molecule has 1 saturated heterocycles. The maximum absolute atomic E-state index is 12.0. The van der Waals surface area contributed by atoms with Gasteiger partial charge in [0.15, 0.2) is 0 Å². The van der Waals surface area contributed by atoms with E-state index in [-0.39, 0.29) is 12.5 Å². The van der Waals surface area contributed by atoms with Crippen LogP contribution in [0.5, 0.6) is 0 Å². The zero-order valence-corrected chi connectivity index (χ0v) is 11.5. The van der Waals surface area contributed by atoms with Crippen LogP contribution in [-0.2, 0) is 9.59 Å². The molecule has 0 aromatic rings. The van der Waals surface area contributed by atoms with E-state index in [1.165, 1.54) is 0 Å². The number of amides is 1. The van der Waals surface area contributed by atoms with Gasteiger partial charge in [0.2, 0.25) is 5.91 Å². The molecule has 0 aliphatic carbocycles. The highest BCUT2D eigenvalue weighted by Gasteiger charge is 2.25. The quantitative estimate of drug-likeness (QED) is 0.666. The Morgan fingerprint density at radius 2 is 1.94 bits per heavy atom. The van der Waals surface area contributed by atoms with Crippen LogP contribution in [0.15, 0.2) is 0 Å². The molecule has 18 heavy (non-hydrogen) atoms. The minimum Gasteiger partial charge on any atom is -0.480 e. The maximum Gasteiger partial charge on any atom is 0.317 e. The molecule has 1 aliphatic heterocycles. The summed E-state index contributed by atoms with van der Waals surface area (Å²) < 4.78 is 0. The predicted octanol–water partition coefficient (Wildman–Crippen LogP) is -0.704. The van der Waals surface area contributed by atoms with Crippen molar-refractivity contribution in [2.24, 2.45) is 5.73 Å². The first-order chi connectivity index (χ1) is 8.54. The van der Waals surface area contributed by atoms with Gasteiger partial charge < -0.3 is 15.7 Å². The van der Waals surface area contributed by atoms with E-state index in [1.807, 2.05) is 11.2 Å². The number of carbonyl (C=O) groups is 2. The van der Waals surface area contributed by atoms with E-state index in [4.69, 9.17) is 10.8 Å². The van der Waals surface area contributed by atoms with Crippen LogP contribution in [0.4, 0.5) is 0 Å². The molecule has 0 aromatic heterocycles. The number of thioether (sulfide) groups is 1. The van der Waals surface area contributed by atoms with Gasteiger partial charge in [-0.3, -0.25) is 14.5 Å². The third kappa shape index (κ3) is 4.83. The van der Waals surface area contributed by atoms with Crippen LogP contribution in [0.1, 0.15) is 6.42 Å². The smallest absolute Gasteiger partial charge is 0.317 e. The number of hydrogen-bond donors (Lipinski definition) is 2. The van der Waals surface area contributed by atoms with Crippen molar-refractivity contribution < 1.29 is 14.7 Å². The Kier molecular flexibility index (Phi) is 6.45. The fourth-order valence-corrected chi connectivity index (χ4v) is 2.41. The van der Waals surface area contributed by atoms with E-state index in [0.29, 0.717) is 32.6 Å². The van der Waals surface area contributed by atoms with Crippen LogP contribution in [0.25, 0.3) is 0 Å². The maximum atomic E-state index is 12.0. The molecular weight excluding hydrogens is 254 g/mol. The molecule has 1 aliphatic rings. The third-order valence-electron chi connectivity index (χ3n) is 2.99. The molecule has 1 atom stereocenters. The molecule has 0 aromatic carbocycles. The van der Waals surface area contributed by atoms with E-state index < -0.39 is 12.0 Å². The lowest BCUT2D eigenvalue weighted by molar-refractivity contribution is -0.139. The Morgan fingerprint density at radius 1 is 1.33 bits per heavy atom. The van der Waals surface area contributed by atoms with Crippen LogP contribution in [0.2, 0.25) is 0 Å². The van der Waals surface area contributed by atoms with Crippen molar-refractivity contribution in [2.75, 3.05) is 44.7 Å². The second-order valence-corrected chi connectivity index (χ2v) is 5.37. The number of piperazine rings is 1. The van der Waals surface area contributed by atoms with Crippen molar-refractivity contribution in [1.29, 1.82) is 0 Å². The molecule has 1 fully saturated rings. The van der Waals surface area contributed by atoms with Gasteiger partial charge in [-0.2, -0.15) is 11.8 Å². The summed E-state index contributed by atoms with van der Waals surface area (Å²) in [6.07, 6.45) is 2.68. The molecule has 3 N–H and O–H groups in total. The highest BCUT2D eigenvalue weighted by Crippen LogP contribution is 2.06. The fourth-order valence-electron chi connectivity index (χ4n) is 1.92. The first kappa shape index (κ1) is 15.3. The van der Waals surface area contributed by atoms with E-state index >= 15 is 0 Å². The summed E-state index contributed by atoms with van der Waals surface area (Å²) in [4.78, 5) is 26.1. The number of nitrogens with two attached hydrogens (primary N) is 1. The Labute approximate surface area is 111 Å². The topological polar surface area (TPSA) is 86.9 Å². The van der Waals surface area contributed by atoms with Gasteiger partial charge >= 0.3 is 5.97 Å². The van der Waals surface area contributed by atoms with Crippen LogP contribution >= 0.6 is 11.8 Å². The van der Waals surface area contributed by atoms with Gasteiger partial charge in [-0.15, -0.1) is 0 Å². The molecule has 7 heteroatoms. The molecule has 104 valence electrons. The van der Waals surface area contributed by atoms with E-state index in [0.717, 1.165) is 5.75 Å². The highest BCUT2D eigenvalue weighted by atomic mass is 32.2. The Bertz CT molecular complexity index is 293. The van der Waals surface area contributed by atoms with Gasteiger partial charge in [-0.1, -0.05) is 0 Å². The van der Waals surface area contributed by atoms with Gasteiger partial charge in [0, 0.05) is 26.2 Å². The molecule has 1 rings (SSSR count). The first-order valence-corrected chi connectivity index (χ1v) is 7.41. The fraction of sp³-hybridized carbons (Fsp3) is 0.818. The largest absolute Gasteiger partial charge is 0.480 e. The van der Waals surface area contributed by atoms with Gasteiger partial charge in [0.05, 0.1) is 12.6 Å². The monoisotopic (exact) mass is 275 g/mol. The van der Waals surface area contributed by atoms with E-state index in [2.05, 4.69) is 0 Å². The molecule has 1 amide bonds. The van der Waals surface area contributed by atoms with Gasteiger partial charge in [0.25, 0.3) is 0 Å². The van der Waals surface area contributed by atoms with Crippen molar-refractivity contribution in [2.45, 2.75) is 12.5 Å². The molecule has 0 bridgehead atoms. The summed E-state index contributed by atoms with van der Waals surface area (Å²) in [5.41, 5.74) is 5.84. The average molecular weight is 275 g/mol. The van der Waals surface area contributed by atoms with Crippen molar-refractivity contribution in [3.8, 4) is 0 Å². The van der Waals surface area contributed by atoms with Crippen molar-refractivity contribution >= 4 is 23.6 Å². The SMILES string of the molecule is CSCC[C@H](N)C(=O)N1CCN(CC(=O)O)CC1. The standard InChI is InChI=1S/C11H21N3O3S/c1-18-7-2-9(12)11(17)14-5-3-13(4-6-14)8-10(15)16/h9H,2-8,12H2,1H3,(H,15,16)/t9-/m0/s1. The van der Waals surface area contributed by atoms with Crippen LogP contribution in [0, 0.1) is 0 Å². The molecular formula is C11H21N3O3S. The first-order valence-electron chi connectivity index (χ1n) is 6.02. The number of carboxylic acid groups (broad SMARTS) is 1. The number of rotatable bonds is 6. The van der Waals surface area contributed by atoms with Gasteiger partial charge in [-0.25, -0.2) is 0 Å². The molecule has 6 nitrogen and oxygen atoms in total. The number of nitrogens with zero attached hydrogens (tertiary/aromatic N) is 2. The zero-order chi connectivity index (χ0) is 13.5. The minimum absolute atomic E-state index is 0.0148. The van der Waals surface area contributed by atoms with Crippen LogP contribution in [-0.4, -0.2) is 77.6 Å².